The number of hydrogen-bond acceptors (Lipinski definition) is 4. The number of nitrogens with one attached hydrogen (secondary N) is 1. The third-order valence-electron chi connectivity index (χ3n) is 8.05. The highest BCUT2D eigenvalue weighted by molar-refractivity contribution is 5.95. The van der Waals surface area contributed by atoms with Crippen LogP contribution in [0.2, 0.25) is 0 Å². The number of carbonyl (C=O) groups excluding carboxylic acids is 1. The van der Waals surface area contributed by atoms with Gasteiger partial charge in [0.25, 0.3) is 5.91 Å². The topological polar surface area (TPSA) is 61.6 Å². The number of nitrogens with two attached hydrogens (primary N) is 1. The Morgan fingerprint density at radius 3 is 1.64 bits per heavy atom. The summed E-state index contributed by atoms with van der Waals surface area (Å²) in [4.78, 5) is 17.0. The number of nitrogens with zero attached hydrogens (tertiary/aromatic N) is 2. The summed E-state index contributed by atoms with van der Waals surface area (Å²) in [6, 6.07) is 39.3. The largest absolute Gasteiger partial charge is 0.348 e. The number of amides is 1. The highest BCUT2D eigenvalue weighted by Crippen LogP contribution is 2.23. The zero-order chi connectivity index (χ0) is 33.3. The molecule has 6 aromatic carbocycles. The van der Waals surface area contributed by atoms with Gasteiger partial charge in [-0.15, -0.1) is 0 Å². The molecule has 0 saturated heterocycles. The predicted molar refractivity (Wildman–Crippen MR) is 194 cm³/mol. The molecule has 0 aliphatic carbocycles. The van der Waals surface area contributed by atoms with Crippen LogP contribution in [0.5, 0.6) is 0 Å². The molecule has 0 atom stereocenters. The van der Waals surface area contributed by atoms with Crippen molar-refractivity contribution in [3.63, 3.8) is 0 Å². The molecule has 0 bridgehead atoms. The third-order valence-corrected chi connectivity index (χ3v) is 8.05. The number of fused-ring (bicyclic) bond motifs is 2. The first-order valence-electron chi connectivity index (χ1n) is 15.8. The van der Waals surface area contributed by atoms with Crippen LogP contribution in [0.25, 0.3) is 32.7 Å². The Kier molecular flexibility index (Phi) is 11.1. The minimum Gasteiger partial charge on any atom is -0.348 e. The number of halogens is 1. The van der Waals surface area contributed by atoms with Crippen LogP contribution in [0.3, 0.4) is 0 Å². The van der Waals surface area contributed by atoms with Crippen LogP contribution in [-0.4, -0.2) is 43.9 Å². The standard InChI is InChI=1S/C27H25FN2O.C14H18N2/c1-30(2)18-19-6-15-26-23(16-19)4-3-5-24(26)17-29-27(31)22-9-7-20(8-10-22)21-11-13-25(28)14-12-21;1-16(2)10-11-6-7-14-12(8-11)4-3-5-13(14)9-15/h3-16H,17-18H2,1-2H3,(H,29,31);3-8H,9-10,15H2,1-2H3. The minimum atomic E-state index is -0.262. The van der Waals surface area contributed by atoms with Crippen LogP contribution in [0.4, 0.5) is 4.39 Å². The molecule has 240 valence electrons. The van der Waals surface area contributed by atoms with Crippen molar-refractivity contribution in [2.75, 3.05) is 28.2 Å². The van der Waals surface area contributed by atoms with E-state index in [1.165, 1.54) is 45.0 Å². The number of benzene rings is 6. The Bertz CT molecular complexity index is 1950. The van der Waals surface area contributed by atoms with Crippen molar-refractivity contribution < 1.29 is 9.18 Å². The van der Waals surface area contributed by atoms with E-state index in [0.717, 1.165) is 35.2 Å². The molecule has 0 fully saturated rings. The van der Waals surface area contributed by atoms with Crippen LogP contribution < -0.4 is 11.1 Å². The number of rotatable bonds is 9. The Hall–Kier alpha value is -4.88. The van der Waals surface area contributed by atoms with Gasteiger partial charge in [0.05, 0.1) is 0 Å². The summed E-state index contributed by atoms with van der Waals surface area (Å²) >= 11 is 0. The van der Waals surface area contributed by atoms with Crippen molar-refractivity contribution in [3.05, 3.63) is 155 Å². The van der Waals surface area contributed by atoms with E-state index >= 15 is 0 Å². The average molecular weight is 627 g/mol. The van der Waals surface area contributed by atoms with Gasteiger partial charge in [-0.3, -0.25) is 4.79 Å². The van der Waals surface area contributed by atoms with Gasteiger partial charge in [0, 0.05) is 31.7 Å². The smallest absolute Gasteiger partial charge is 0.251 e. The second-order valence-electron chi connectivity index (χ2n) is 12.4. The SMILES string of the molecule is CN(C)Cc1ccc2c(CN)cccc2c1.CN(C)Cc1ccc2c(CNC(=O)c3ccc(-c4ccc(F)cc4)cc3)cccc2c1. The molecule has 0 spiro atoms. The van der Waals surface area contributed by atoms with E-state index in [2.05, 4.69) is 104 Å². The minimum absolute atomic E-state index is 0.119. The van der Waals surface area contributed by atoms with Gasteiger partial charge in [0.1, 0.15) is 5.82 Å². The molecule has 0 saturated carbocycles. The lowest BCUT2D eigenvalue weighted by molar-refractivity contribution is 0.0951. The zero-order valence-electron chi connectivity index (χ0n) is 27.6. The fourth-order valence-corrected chi connectivity index (χ4v) is 5.79. The first-order valence-corrected chi connectivity index (χ1v) is 15.8. The lowest BCUT2D eigenvalue weighted by Gasteiger charge is -2.12. The van der Waals surface area contributed by atoms with Gasteiger partial charge in [-0.1, -0.05) is 84.9 Å². The normalized spacial score (nSPS) is 11.1. The van der Waals surface area contributed by atoms with Gasteiger partial charge >= 0.3 is 0 Å². The van der Waals surface area contributed by atoms with Gasteiger partial charge in [-0.2, -0.15) is 0 Å². The quantitative estimate of drug-likeness (QED) is 0.171. The molecule has 5 nitrogen and oxygen atoms in total. The molecule has 47 heavy (non-hydrogen) atoms. The lowest BCUT2D eigenvalue weighted by atomic mass is 10.0. The van der Waals surface area contributed by atoms with Crippen LogP contribution in [0, 0.1) is 5.82 Å². The van der Waals surface area contributed by atoms with Crippen molar-refractivity contribution >= 4 is 27.5 Å². The van der Waals surface area contributed by atoms with Crippen molar-refractivity contribution in [2.45, 2.75) is 26.2 Å². The second kappa shape index (κ2) is 15.6. The Labute approximate surface area is 277 Å². The molecular formula is C41H43FN4O. The first kappa shape index (κ1) is 33.5. The summed E-state index contributed by atoms with van der Waals surface area (Å²) in [6.07, 6.45) is 0. The predicted octanol–water partition coefficient (Wildman–Crippen LogP) is 8.00. The molecule has 6 heteroatoms. The van der Waals surface area contributed by atoms with Crippen molar-refractivity contribution in [1.29, 1.82) is 0 Å². The Morgan fingerprint density at radius 2 is 1.13 bits per heavy atom. The number of hydrogen-bond donors (Lipinski definition) is 2. The molecule has 1 amide bonds. The summed E-state index contributed by atoms with van der Waals surface area (Å²) in [5.41, 5.74) is 13.1. The van der Waals surface area contributed by atoms with Gasteiger partial charge < -0.3 is 20.9 Å². The maximum atomic E-state index is 13.1. The van der Waals surface area contributed by atoms with Crippen LogP contribution in [-0.2, 0) is 26.2 Å². The molecule has 0 radical (unpaired) electrons. The average Bonchev–Trinajstić information content (AvgIpc) is 3.07. The summed E-state index contributed by atoms with van der Waals surface area (Å²) in [5, 5.41) is 7.90. The monoisotopic (exact) mass is 626 g/mol. The Balaban J connectivity index is 0.000000227. The van der Waals surface area contributed by atoms with E-state index in [-0.39, 0.29) is 11.7 Å². The maximum absolute atomic E-state index is 13.1. The van der Waals surface area contributed by atoms with E-state index in [4.69, 9.17) is 5.73 Å². The number of carbonyl (C=O) groups is 1. The van der Waals surface area contributed by atoms with Crippen LogP contribution in [0.1, 0.15) is 32.6 Å². The van der Waals surface area contributed by atoms with Gasteiger partial charge in [-0.25, -0.2) is 4.39 Å². The molecule has 0 aromatic heterocycles. The fraction of sp³-hybridized carbons (Fsp3) is 0.195. The van der Waals surface area contributed by atoms with E-state index in [1.54, 1.807) is 24.3 Å². The van der Waals surface area contributed by atoms with Crippen molar-refractivity contribution in [3.8, 4) is 11.1 Å². The summed E-state index contributed by atoms with van der Waals surface area (Å²) in [5.74, 6) is -0.381. The molecule has 3 N–H and O–H groups in total. The van der Waals surface area contributed by atoms with E-state index in [1.807, 2.05) is 24.3 Å². The molecule has 0 heterocycles. The lowest BCUT2D eigenvalue weighted by Crippen LogP contribution is -2.22. The third kappa shape index (κ3) is 8.89. The Morgan fingerprint density at radius 1 is 0.638 bits per heavy atom. The molecule has 6 aromatic rings. The molecular weight excluding hydrogens is 583 g/mol. The zero-order valence-corrected chi connectivity index (χ0v) is 27.6. The van der Waals surface area contributed by atoms with Gasteiger partial charge in [0.2, 0.25) is 0 Å². The van der Waals surface area contributed by atoms with Crippen molar-refractivity contribution in [1.82, 2.24) is 15.1 Å². The summed E-state index contributed by atoms with van der Waals surface area (Å²) < 4.78 is 13.1. The second-order valence-corrected chi connectivity index (χ2v) is 12.4. The molecule has 0 aliphatic rings. The van der Waals surface area contributed by atoms with Crippen LogP contribution >= 0.6 is 0 Å². The van der Waals surface area contributed by atoms with E-state index in [0.29, 0.717) is 18.7 Å². The molecule has 0 unspecified atom stereocenters. The highest BCUT2D eigenvalue weighted by Gasteiger charge is 2.09. The van der Waals surface area contributed by atoms with Gasteiger partial charge in [0.15, 0.2) is 0 Å². The fourth-order valence-electron chi connectivity index (χ4n) is 5.79. The molecule has 6 rings (SSSR count). The first-order chi connectivity index (χ1) is 22.7. The highest BCUT2D eigenvalue weighted by atomic mass is 19.1. The van der Waals surface area contributed by atoms with E-state index in [9.17, 15) is 9.18 Å². The summed E-state index contributed by atoms with van der Waals surface area (Å²) in [7, 11) is 8.28. The summed E-state index contributed by atoms with van der Waals surface area (Å²) in [6.45, 7) is 2.93. The van der Waals surface area contributed by atoms with E-state index < -0.39 is 0 Å². The van der Waals surface area contributed by atoms with Gasteiger partial charge in [-0.05, 0) is 120 Å². The van der Waals surface area contributed by atoms with Crippen LogP contribution in [0.15, 0.2) is 121 Å². The van der Waals surface area contributed by atoms with Crippen molar-refractivity contribution in [2.24, 2.45) is 5.73 Å². The maximum Gasteiger partial charge on any atom is 0.251 e. The molecule has 0 aliphatic heterocycles.